The molecule has 3 atom stereocenters. The highest BCUT2D eigenvalue weighted by Crippen LogP contribution is 2.17. The lowest BCUT2D eigenvalue weighted by molar-refractivity contribution is -0.886. The van der Waals surface area contributed by atoms with Crippen LogP contribution in [0.15, 0.2) is 30.3 Å². The quantitative estimate of drug-likeness (QED) is 0.666. The molecule has 0 saturated carbocycles. The van der Waals surface area contributed by atoms with E-state index >= 15 is 0 Å². The Hall–Kier alpha value is -1.88. The second-order valence-corrected chi connectivity index (χ2v) is 7.80. The molecular weight excluding hydrogens is 314 g/mol. The lowest BCUT2D eigenvalue weighted by Crippen LogP contribution is -3.15. The maximum Gasteiger partial charge on any atom is 0.278 e. The van der Waals surface area contributed by atoms with Gasteiger partial charge >= 0.3 is 0 Å². The molecule has 2 amide bonds. The second-order valence-electron chi connectivity index (χ2n) is 7.80. The van der Waals surface area contributed by atoms with Gasteiger partial charge in [-0.05, 0) is 39.7 Å². The SMILES string of the molecule is CCC[C@@H](NC(=O)[C@H](C)[NH+](C)CC(=O)NC(C)(C)C)c1ccccc1. The van der Waals surface area contributed by atoms with Crippen LogP contribution in [0.4, 0.5) is 0 Å². The Morgan fingerprint density at radius 2 is 1.76 bits per heavy atom. The highest BCUT2D eigenvalue weighted by atomic mass is 16.2. The van der Waals surface area contributed by atoms with Crippen LogP contribution in [-0.2, 0) is 9.59 Å². The van der Waals surface area contributed by atoms with Crippen LogP contribution in [0.5, 0.6) is 0 Å². The highest BCUT2D eigenvalue weighted by Gasteiger charge is 2.27. The van der Waals surface area contributed by atoms with Crippen LogP contribution in [-0.4, -0.2) is 37.0 Å². The first-order valence-electron chi connectivity index (χ1n) is 9.12. The molecule has 140 valence electrons. The van der Waals surface area contributed by atoms with E-state index in [0.29, 0.717) is 0 Å². The number of benzene rings is 1. The molecule has 0 aliphatic heterocycles. The van der Waals surface area contributed by atoms with Crippen molar-refractivity contribution in [1.29, 1.82) is 0 Å². The minimum absolute atomic E-state index is 0.0114. The smallest absolute Gasteiger partial charge is 0.278 e. The van der Waals surface area contributed by atoms with Crippen molar-refractivity contribution in [2.45, 2.75) is 65.1 Å². The molecule has 3 N–H and O–H groups in total. The number of carbonyl (C=O) groups is 2. The summed E-state index contributed by atoms with van der Waals surface area (Å²) >= 11 is 0. The average Bonchev–Trinajstić information content (AvgIpc) is 2.52. The Labute approximate surface area is 152 Å². The lowest BCUT2D eigenvalue weighted by atomic mass is 10.0. The van der Waals surface area contributed by atoms with Gasteiger partial charge in [0.15, 0.2) is 12.6 Å². The molecule has 0 aromatic heterocycles. The number of rotatable bonds is 8. The summed E-state index contributed by atoms with van der Waals surface area (Å²) in [7, 11) is 1.88. The maximum atomic E-state index is 12.6. The van der Waals surface area contributed by atoms with Gasteiger partial charge in [0.1, 0.15) is 0 Å². The Morgan fingerprint density at radius 3 is 2.28 bits per heavy atom. The van der Waals surface area contributed by atoms with Crippen LogP contribution in [0.2, 0.25) is 0 Å². The van der Waals surface area contributed by atoms with Crippen molar-refractivity contribution in [1.82, 2.24) is 10.6 Å². The van der Waals surface area contributed by atoms with Crippen molar-refractivity contribution in [3.63, 3.8) is 0 Å². The van der Waals surface area contributed by atoms with E-state index in [1.165, 1.54) is 0 Å². The summed E-state index contributed by atoms with van der Waals surface area (Å²) in [6.45, 7) is 10.1. The number of hydrogen-bond donors (Lipinski definition) is 3. The summed E-state index contributed by atoms with van der Waals surface area (Å²) in [5.41, 5.74) is 0.857. The van der Waals surface area contributed by atoms with Crippen molar-refractivity contribution < 1.29 is 14.5 Å². The fourth-order valence-electron chi connectivity index (χ4n) is 2.69. The normalized spacial score (nSPS) is 15.1. The standard InChI is InChI=1S/C20H33N3O2/c1-7-11-17(16-12-9-8-10-13-16)21-19(25)15(2)23(6)14-18(24)22-20(3,4)5/h8-10,12-13,15,17H,7,11,14H2,1-6H3,(H,21,25)(H,22,24)/p+1/t15-,17+/m0/s1. The molecule has 0 aliphatic rings. The van der Waals surface area contributed by atoms with Crippen LogP contribution < -0.4 is 15.5 Å². The number of nitrogens with one attached hydrogen (secondary N) is 3. The average molecular weight is 349 g/mol. The Kier molecular flexibility index (Phi) is 8.10. The fraction of sp³-hybridized carbons (Fsp3) is 0.600. The molecule has 0 fully saturated rings. The largest absolute Gasteiger partial charge is 0.347 e. The number of hydrogen-bond acceptors (Lipinski definition) is 2. The zero-order valence-electron chi connectivity index (χ0n) is 16.5. The van der Waals surface area contributed by atoms with Gasteiger partial charge in [0, 0.05) is 5.54 Å². The molecule has 0 spiro atoms. The summed E-state index contributed by atoms with van der Waals surface area (Å²) in [6.07, 6.45) is 1.89. The molecule has 0 saturated heterocycles. The van der Waals surface area contributed by atoms with E-state index in [-0.39, 0.29) is 36.0 Å². The van der Waals surface area contributed by atoms with Crippen LogP contribution in [0.3, 0.4) is 0 Å². The van der Waals surface area contributed by atoms with Gasteiger partial charge < -0.3 is 15.5 Å². The van der Waals surface area contributed by atoms with Gasteiger partial charge in [-0.15, -0.1) is 0 Å². The van der Waals surface area contributed by atoms with Crippen LogP contribution in [0.1, 0.15) is 59.1 Å². The minimum atomic E-state index is -0.297. The predicted octanol–water partition coefficient (Wildman–Crippen LogP) is 1.46. The van der Waals surface area contributed by atoms with E-state index in [4.69, 9.17) is 0 Å². The Bertz CT molecular complexity index is 552. The Morgan fingerprint density at radius 1 is 1.16 bits per heavy atom. The lowest BCUT2D eigenvalue weighted by Gasteiger charge is -2.26. The molecule has 0 heterocycles. The van der Waals surface area contributed by atoms with E-state index in [9.17, 15) is 9.59 Å². The van der Waals surface area contributed by atoms with Gasteiger partial charge in [-0.25, -0.2) is 0 Å². The first-order valence-corrected chi connectivity index (χ1v) is 9.12. The third-order valence-corrected chi connectivity index (χ3v) is 4.18. The molecule has 0 bridgehead atoms. The molecule has 1 aromatic rings. The highest BCUT2D eigenvalue weighted by molar-refractivity contribution is 5.81. The summed E-state index contributed by atoms with van der Waals surface area (Å²) in [5, 5.41) is 6.08. The third-order valence-electron chi connectivity index (χ3n) is 4.18. The maximum absolute atomic E-state index is 12.6. The molecule has 25 heavy (non-hydrogen) atoms. The van der Waals surface area contributed by atoms with Gasteiger partial charge in [-0.2, -0.15) is 0 Å². The van der Waals surface area contributed by atoms with E-state index in [1.54, 1.807) is 0 Å². The monoisotopic (exact) mass is 348 g/mol. The summed E-state index contributed by atoms with van der Waals surface area (Å²) in [6, 6.07) is 9.75. The van der Waals surface area contributed by atoms with Gasteiger partial charge in [0.25, 0.3) is 11.8 Å². The zero-order chi connectivity index (χ0) is 19.0. The minimum Gasteiger partial charge on any atom is -0.347 e. The van der Waals surface area contributed by atoms with Crippen LogP contribution in [0.25, 0.3) is 0 Å². The molecule has 5 heteroatoms. The van der Waals surface area contributed by atoms with E-state index in [0.717, 1.165) is 23.3 Å². The van der Waals surface area contributed by atoms with Gasteiger partial charge in [-0.1, -0.05) is 43.7 Å². The third kappa shape index (κ3) is 7.69. The topological polar surface area (TPSA) is 62.6 Å². The van der Waals surface area contributed by atoms with Gasteiger partial charge in [0.05, 0.1) is 13.1 Å². The number of amides is 2. The summed E-state index contributed by atoms with van der Waals surface area (Å²) in [4.78, 5) is 25.6. The molecule has 1 aromatic carbocycles. The van der Waals surface area contributed by atoms with Crippen LogP contribution >= 0.6 is 0 Å². The fourth-order valence-corrected chi connectivity index (χ4v) is 2.69. The van der Waals surface area contributed by atoms with E-state index in [1.807, 2.05) is 65.1 Å². The van der Waals surface area contributed by atoms with Crippen LogP contribution in [0, 0.1) is 0 Å². The predicted molar refractivity (Wildman–Crippen MR) is 101 cm³/mol. The van der Waals surface area contributed by atoms with E-state index < -0.39 is 0 Å². The number of carbonyl (C=O) groups excluding carboxylic acids is 2. The first-order chi connectivity index (χ1) is 11.6. The van der Waals surface area contributed by atoms with Crippen molar-refractivity contribution in [3.8, 4) is 0 Å². The second kappa shape index (κ2) is 9.56. The zero-order valence-corrected chi connectivity index (χ0v) is 16.5. The van der Waals surface area contributed by atoms with Gasteiger partial charge in [0.2, 0.25) is 0 Å². The Balaban J connectivity index is 2.65. The molecule has 1 rings (SSSR count). The van der Waals surface area contributed by atoms with Gasteiger partial charge in [-0.3, -0.25) is 9.59 Å². The van der Waals surface area contributed by atoms with Crippen molar-refractivity contribution in [2.24, 2.45) is 0 Å². The molecule has 1 unspecified atom stereocenters. The summed E-state index contributed by atoms with van der Waals surface area (Å²) in [5.74, 6) is -0.0684. The van der Waals surface area contributed by atoms with Crippen molar-refractivity contribution in [2.75, 3.05) is 13.6 Å². The molecule has 5 nitrogen and oxygen atoms in total. The first kappa shape index (κ1) is 21.2. The number of likely N-dealkylation sites (N-methyl/N-ethyl adjacent to an activating group) is 1. The molecule has 0 radical (unpaired) electrons. The van der Waals surface area contributed by atoms with E-state index in [2.05, 4.69) is 17.6 Å². The molecular formula is C20H34N3O2+. The summed E-state index contributed by atoms with van der Waals surface area (Å²) < 4.78 is 0. The molecule has 0 aliphatic carbocycles. The van der Waals surface area contributed by atoms with Crippen molar-refractivity contribution in [3.05, 3.63) is 35.9 Å². The number of quaternary nitrogens is 1. The van der Waals surface area contributed by atoms with Crippen molar-refractivity contribution >= 4 is 11.8 Å².